The molecule has 2 aliphatic carbocycles. The van der Waals surface area contributed by atoms with Gasteiger partial charge in [-0.2, -0.15) is 0 Å². The van der Waals surface area contributed by atoms with Gasteiger partial charge in [0.05, 0.1) is 6.61 Å². The van der Waals surface area contributed by atoms with Gasteiger partial charge in [0.2, 0.25) is 0 Å². The summed E-state index contributed by atoms with van der Waals surface area (Å²) in [5.74, 6) is 1.61. The smallest absolute Gasteiger partial charge is 0.155 e. The summed E-state index contributed by atoms with van der Waals surface area (Å²) >= 11 is 0.485. The minimum absolute atomic E-state index is 0.286. The lowest BCUT2D eigenvalue weighted by Crippen LogP contribution is -2.47. The molecule has 0 saturated heterocycles. The average molecular weight is 714 g/mol. The van der Waals surface area contributed by atoms with Crippen molar-refractivity contribution in [2.24, 2.45) is 22.7 Å². The molecule has 0 heterocycles. The van der Waals surface area contributed by atoms with E-state index in [1.807, 2.05) is 0 Å². The molecule has 0 aromatic heterocycles. The van der Waals surface area contributed by atoms with E-state index in [1.165, 1.54) is 109 Å². The largest absolute Gasteiger partial charge is 0.396 e. The van der Waals surface area contributed by atoms with Crippen LogP contribution in [-0.2, 0) is 4.18 Å². The van der Waals surface area contributed by atoms with Crippen molar-refractivity contribution in [2.75, 3.05) is 32.8 Å². The Morgan fingerprint density at radius 1 is 0.673 bits per heavy atom. The third-order valence-electron chi connectivity index (χ3n) is 12.5. The maximum atomic E-state index is 10.3. The van der Waals surface area contributed by atoms with Crippen LogP contribution < -0.4 is 16.0 Å². The second kappa shape index (κ2) is 27.6. The summed E-state index contributed by atoms with van der Waals surface area (Å²) in [4.78, 5) is 0. The Morgan fingerprint density at radius 3 is 2.04 bits per heavy atom. The van der Waals surface area contributed by atoms with Crippen molar-refractivity contribution >= 4 is 12.3 Å². The quantitative estimate of drug-likeness (QED) is 0.0240. The zero-order valence-electron chi connectivity index (χ0n) is 32.8. The second-order valence-electron chi connectivity index (χ2n) is 17.1. The molecule has 0 spiro atoms. The monoisotopic (exact) mass is 714 g/mol. The van der Waals surface area contributed by atoms with Crippen LogP contribution in [0.5, 0.6) is 0 Å². The summed E-state index contributed by atoms with van der Waals surface area (Å²) in [6.45, 7) is 14.1. The summed E-state index contributed by atoms with van der Waals surface area (Å²) in [7, 11) is 0. The summed E-state index contributed by atoms with van der Waals surface area (Å²) in [6.07, 6.45) is 30.6. The van der Waals surface area contributed by atoms with Gasteiger partial charge in [0.25, 0.3) is 0 Å². The molecule has 2 fully saturated rings. The fourth-order valence-corrected chi connectivity index (χ4v) is 9.33. The van der Waals surface area contributed by atoms with Gasteiger partial charge in [-0.05, 0) is 126 Å². The molecule has 7 nitrogen and oxygen atoms in total. The number of hydrogen-bond acceptors (Lipinski definition) is 8. The van der Waals surface area contributed by atoms with Crippen LogP contribution in [0.15, 0.2) is 0 Å². The molecule has 2 rings (SSSR count). The lowest BCUT2D eigenvalue weighted by atomic mass is 9.66. The molecule has 2 saturated carbocycles. The van der Waals surface area contributed by atoms with Crippen molar-refractivity contribution in [1.29, 1.82) is 0 Å². The van der Waals surface area contributed by atoms with Crippen LogP contribution in [0.2, 0.25) is 0 Å². The minimum Gasteiger partial charge on any atom is -0.396 e. The Labute approximate surface area is 308 Å². The highest BCUT2D eigenvalue weighted by Gasteiger charge is 2.38. The highest BCUT2D eigenvalue weighted by atomic mass is 32.2. The fraction of sp³-hybridized carbons (Fsp3) is 1.00. The van der Waals surface area contributed by atoms with E-state index in [0.717, 1.165) is 82.8 Å². The molecule has 0 aromatic carbocycles. The molecule has 4 atom stereocenters. The molecule has 292 valence electrons. The average Bonchev–Trinajstić information content (AvgIpc) is 3.10. The molecule has 0 aromatic rings. The van der Waals surface area contributed by atoms with E-state index < -0.39 is 0 Å². The maximum absolute atomic E-state index is 10.3. The number of unbranched alkanes of at least 4 members (excludes halogenated alkanes) is 9. The Balaban J connectivity index is 1.70. The van der Waals surface area contributed by atoms with Gasteiger partial charge in [-0.25, -0.2) is 0 Å². The van der Waals surface area contributed by atoms with Crippen molar-refractivity contribution < 1.29 is 18.9 Å². The van der Waals surface area contributed by atoms with Gasteiger partial charge in [0, 0.05) is 18.7 Å². The maximum Gasteiger partial charge on any atom is 0.155 e. The normalized spacial score (nSPS) is 20.9. The zero-order chi connectivity index (χ0) is 35.6. The van der Waals surface area contributed by atoms with Crippen LogP contribution in [0.3, 0.4) is 0 Å². The van der Waals surface area contributed by atoms with Crippen LogP contribution in [-0.4, -0.2) is 65.9 Å². The first kappa shape index (κ1) is 45.2. The molecule has 8 heteroatoms. The predicted octanol–water partition coefficient (Wildman–Crippen LogP) is 10.0. The molecule has 49 heavy (non-hydrogen) atoms. The summed E-state index contributed by atoms with van der Waals surface area (Å²) in [5, 5.41) is 30.5. The SMILES string of the molecule is CC(C)(CCCCCCC(NCCCCCC(O)NCCCCCCO)C(C)(C)C1CCCCC1)C1CCCCC1NCCCCOSO. The molecule has 0 aliphatic heterocycles. The topological polar surface area (TPSA) is 106 Å². The van der Waals surface area contributed by atoms with E-state index in [1.54, 1.807) is 0 Å². The van der Waals surface area contributed by atoms with E-state index in [9.17, 15) is 5.11 Å². The molecule has 0 amide bonds. The van der Waals surface area contributed by atoms with Crippen LogP contribution in [0.4, 0.5) is 0 Å². The Kier molecular flexibility index (Phi) is 25.5. The molecule has 4 unspecified atom stereocenters. The van der Waals surface area contributed by atoms with E-state index in [2.05, 4.69) is 43.6 Å². The van der Waals surface area contributed by atoms with Crippen LogP contribution in [0.25, 0.3) is 0 Å². The van der Waals surface area contributed by atoms with E-state index >= 15 is 0 Å². The first-order chi connectivity index (χ1) is 23.7. The van der Waals surface area contributed by atoms with Crippen molar-refractivity contribution in [1.82, 2.24) is 16.0 Å². The lowest BCUT2D eigenvalue weighted by Gasteiger charge is -2.44. The van der Waals surface area contributed by atoms with Gasteiger partial charge in [-0.15, -0.1) is 0 Å². The van der Waals surface area contributed by atoms with Gasteiger partial charge in [-0.1, -0.05) is 105 Å². The Hall–Kier alpha value is 0.0700. The Morgan fingerprint density at radius 2 is 1.29 bits per heavy atom. The van der Waals surface area contributed by atoms with E-state index in [-0.39, 0.29) is 12.8 Å². The number of nitrogens with one attached hydrogen (secondary N) is 3. The molecular weight excluding hydrogens is 631 g/mol. The highest BCUT2D eigenvalue weighted by molar-refractivity contribution is 7.88. The van der Waals surface area contributed by atoms with Crippen molar-refractivity contribution in [2.45, 2.75) is 207 Å². The van der Waals surface area contributed by atoms with Crippen LogP contribution in [0.1, 0.15) is 188 Å². The zero-order valence-corrected chi connectivity index (χ0v) is 33.6. The van der Waals surface area contributed by atoms with Crippen molar-refractivity contribution in [3.05, 3.63) is 0 Å². The number of rotatable bonds is 31. The third-order valence-corrected chi connectivity index (χ3v) is 12.8. The van der Waals surface area contributed by atoms with Crippen LogP contribution in [0, 0.1) is 22.7 Å². The number of aliphatic hydroxyl groups excluding tert-OH is 2. The van der Waals surface area contributed by atoms with Gasteiger partial charge >= 0.3 is 0 Å². The van der Waals surface area contributed by atoms with Gasteiger partial charge in [0.15, 0.2) is 12.3 Å². The van der Waals surface area contributed by atoms with Crippen molar-refractivity contribution in [3.8, 4) is 0 Å². The van der Waals surface area contributed by atoms with Gasteiger partial charge < -0.3 is 25.4 Å². The number of aliphatic hydroxyl groups is 2. The summed E-state index contributed by atoms with van der Waals surface area (Å²) < 4.78 is 13.8. The summed E-state index contributed by atoms with van der Waals surface area (Å²) in [6, 6.07) is 1.24. The molecule has 6 N–H and O–H groups in total. The van der Waals surface area contributed by atoms with E-state index in [4.69, 9.17) is 13.8 Å². The first-order valence-electron chi connectivity index (χ1n) is 21.1. The molecule has 2 aliphatic rings. The number of hydrogen-bond donors (Lipinski definition) is 6. The van der Waals surface area contributed by atoms with Gasteiger partial charge in [0.1, 0.15) is 6.23 Å². The first-order valence-corrected chi connectivity index (χ1v) is 21.8. The molecule has 0 radical (unpaired) electrons. The Bertz CT molecular complexity index is 767. The highest BCUT2D eigenvalue weighted by Crippen LogP contribution is 2.43. The van der Waals surface area contributed by atoms with Crippen LogP contribution >= 0.6 is 12.3 Å². The molecule has 0 bridgehead atoms. The summed E-state index contributed by atoms with van der Waals surface area (Å²) in [5.41, 5.74) is 0.724. The second-order valence-corrected chi connectivity index (χ2v) is 17.5. The lowest BCUT2D eigenvalue weighted by molar-refractivity contribution is 0.0964. The van der Waals surface area contributed by atoms with Gasteiger partial charge in [-0.3, -0.25) is 9.50 Å². The standard InChI is InChI=1S/C41H83N3O4S/c1-40(2,36-25-15-16-26-37(36)42-30-20-22-34-48-49-47)29-17-6-5-13-27-38(41(3,4)35-23-11-9-12-24-35)43-31-19-10-14-28-39(46)44-32-18-7-8-21-33-45/h35-39,42-47H,5-34H2,1-4H3. The minimum atomic E-state index is -0.386. The predicted molar refractivity (Wildman–Crippen MR) is 211 cm³/mol. The van der Waals surface area contributed by atoms with E-state index in [0.29, 0.717) is 41.8 Å². The third kappa shape index (κ3) is 19.6. The molecular formula is C41H83N3O4S. The fourth-order valence-electron chi connectivity index (χ4n) is 9.13. The van der Waals surface area contributed by atoms with Crippen molar-refractivity contribution in [3.63, 3.8) is 0 Å².